The Balaban J connectivity index is 3.49. The van der Waals surface area contributed by atoms with Crippen LogP contribution in [0.4, 0.5) is 13.2 Å². The average Bonchev–Trinajstić information content (AvgIpc) is 2.25. The lowest BCUT2D eigenvalue weighted by Crippen LogP contribution is -2.09. The Kier molecular flexibility index (Phi) is 1.52. The van der Waals surface area contributed by atoms with Crippen molar-refractivity contribution in [1.29, 1.82) is 0 Å². The van der Waals surface area contributed by atoms with Gasteiger partial charge in [0.15, 0.2) is 0 Å². The minimum absolute atomic E-state index is 0.190. The molecule has 1 aromatic rings. The van der Waals surface area contributed by atoms with Crippen LogP contribution in [0.1, 0.15) is 34.2 Å². The number of aryl methyl sites for hydroxylation is 1. The Morgan fingerprint density at radius 1 is 1.57 bits per heavy atom. The zero-order chi connectivity index (χ0) is 16.9. The maximum absolute atomic E-state index is 12.7. The van der Waals surface area contributed by atoms with Gasteiger partial charge >= 0.3 is 6.18 Å². The molecule has 0 fully saturated rings. The summed E-state index contributed by atoms with van der Waals surface area (Å²) in [6, 6.07) is 1.41. The van der Waals surface area contributed by atoms with Gasteiger partial charge in [0.2, 0.25) is 0 Å². The molecule has 0 N–H and O–H groups in total. The lowest BCUT2D eigenvalue weighted by Gasteiger charge is -2.08. The summed E-state index contributed by atoms with van der Waals surface area (Å²) < 4.78 is 88.9. The topological polar surface area (TPSA) is 12.9 Å². The largest absolute Gasteiger partial charge is 0.433 e. The molecule has 0 saturated carbocycles. The van der Waals surface area contributed by atoms with Crippen molar-refractivity contribution >= 4 is 15.9 Å². The normalized spacial score (nSPS) is 22.1. The molecule has 0 saturated heterocycles. The molecule has 0 aliphatic rings. The van der Waals surface area contributed by atoms with Gasteiger partial charge in [-0.2, -0.15) is 13.2 Å². The second kappa shape index (κ2) is 4.29. The van der Waals surface area contributed by atoms with Crippen molar-refractivity contribution in [3.05, 3.63) is 28.0 Å². The Morgan fingerprint density at radius 2 is 2.29 bits per heavy atom. The number of hydrogen-bond donors (Lipinski definition) is 0. The van der Waals surface area contributed by atoms with Gasteiger partial charge in [0.25, 0.3) is 0 Å². The third-order valence-corrected chi connectivity index (χ3v) is 1.73. The zero-order valence-corrected chi connectivity index (χ0v) is 8.20. The highest BCUT2D eigenvalue weighted by Crippen LogP contribution is 2.29. The monoisotopic (exact) mass is 274 g/mol. The summed E-state index contributed by atoms with van der Waals surface area (Å²) in [5, 5.41) is 0. The van der Waals surface area contributed by atoms with E-state index in [2.05, 4.69) is 20.9 Å². The van der Waals surface area contributed by atoms with Crippen molar-refractivity contribution in [2.24, 2.45) is 0 Å². The molecule has 1 heterocycles. The predicted molar refractivity (Wildman–Crippen MR) is 50.9 cm³/mol. The fourth-order valence-corrected chi connectivity index (χ4v) is 1.20. The minimum Gasteiger partial charge on any atom is -0.248 e. The van der Waals surface area contributed by atoms with Crippen LogP contribution in [-0.4, -0.2) is 4.98 Å². The molecule has 14 heavy (non-hydrogen) atoms. The number of rotatable bonds is 2. The number of nitrogens with zero attached hydrogens (tertiary/aromatic N) is 1. The van der Waals surface area contributed by atoms with Crippen molar-refractivity contribution in [3.63, 3.8) is 0 Å². The van der Waals surface area contributed by atoms with Gasteiger partial charge in [-0.3, -0.25) is 0 Å². The van der Waals surface area contributed by atoms with E-state index < -0.39 is 37.2 Å². The maximum Gasteiger partial charge on any atom is 0.433 e. The highest BCUT2D eigenvalue weighted by Gasteiger charge is 2.32. The lowest BCUT2D eigenvalue weighted by molar-refractivity contribution is -0.141. The predicted octanol–water partition coefficient (Wildman–Crippen LogP) is 3.82. The van der Waals surface area contributed by atoms with Gasteiger partial charge in [-0.05, 0) is 18.5 Å². The van der Waals surface area contributed by atoms with Crippen LogP contribution in [0.5, 0.6) is 0 Å². The quantitative estimate of drug-likeness (QED) is 0.799. The smallest absolute Gasteiger partial charge is 0.248 e. The fraction of sp³-hybridized carbons (Fsp3) is 0.444. The molecule has 0 unspecified atom stereocenters. The third kappa shape index (κ3) is 2.97. The highest BCUT2D eigenvalue weighted by molar-refractivity contribution is 9.10. The van der Waals surface area contributed by atoms with Gasteiger partial charge in [0.1, 0.15) is 5.69 Å². The van der Waals surface area contributed by atoms with Gasteiger partial charge in [-0.15, -0.1) is 0 Å². The number of pyridine rings is 1. The van der Waals surface area contributed by atoms with Crippen molar-refractivity contribution in [2.75, 3.05) is 0 Å². The molecule has 0 aromatic carbocycles. The molecule has 0 aliphatic carbocycles. The second-order valence-corrected chi connectivity index (χ2v) is 3.22. The molecular weight excluding hydrogens is 259 g/mol. The Labute approximate surface area is 98.3 Å². The molecule has 0 radical (unpaired) electrons. The molecule has 0 amide bonds. The highest BCUT2D eigenvalue weighted by atomic mass is 79.9. The van der Waals surface area contributed by atoms with E-state index in [1.807, 2.05) is 0 Å². The van der Waals surface area contributed by atoms with E-state index in [-0.39, 0.29) is 4.47 Å². The number of alkyl halides is 3. The van der Waals surface area contributed by atoms with E-state index in [0.717, 1.165) is 6.07 Å². The van der Waals surface area contributed by atoms with E-state index in [4.69, 9.17) is 9.60 Å². The van der Waals surface area contributed by atoms with Crippen LogP contribution in [0.3, 0.4) is 0 Å². The van der Waals surface area contributed by atoms with Gasteiger partial charge in [0, 0.05) is 19.8 Å². The minimum atomic E-state index is -4.87. The first-order chi connectivity index (χ1) is 9.10. The van der Waals surface area contributed by atoms with Gasteiger partial charge in [-0.1, -0.05) is 29.2 Å². The number of aromatic nitrogens is 1. The summed E-state index contributed by atoms with van der Waals surface area (Å²) in [5.74, 6) is 0. The van der Waals surface area contributed by atoms with E-state index in [1.165, 1.54) is 0 Å². The van der Waals surface area contributed by atoms with Crippen LogP contribution >= 0.6 is 15.9 Å². The number of halogens is 4. The van der Waals surface area contributed by atoms with Crippen LogP contribution in [0.25, 0.3) is 0 Å². The van der Waals surface area contributed by atoms with Crippen molar-refractivity contribution in [1.82, 2.24) is 4.98 Å². The summed E-state index contributed by atoms with van der Waals surface area (Å²) in [5.41, 5.74) is -2.40. The van der Waals surface area contributed by atoms with Crippen LogP contribution in [-0.2, 0) is 12.5 Å². The molecule has 1 rings (SSSR count). The summed E-state index contributed by atoms with van der Waals surface area (Å²) in [6.07, 6.45) is -11.5. The average molecular weight is 275 g/mol. The van der Waals surface area contributed by atoms with Crippen molar-refractivity contribution in [3.8, 4) is 0 Å². The van der Waals surface area contributed by atoms with Crippen LogP contribution < -0.4 is 0 Å². The summed E-state index contributed by atoms with van der Waals surface area (Å²) >= 11 is 2.75. The van der Waals surface area contributed by atoms with Gasteiger partial charge < -0.3 is 0 Å². The molecule has 0 aliphatic heterocycles. The van der Waals surface area contributed by atoms with Gasteiger partial charge in [0.05, 0.1) is 0 Å². The fourth-order valence-electron chi connectivity index (χ4n) is 0.770. The number of hydrogen-bond acceptors (Lipinski definition) is 1. The maximum atomic E-state index is 12.7. The SMILES string of the molecule is [2H]C([2H])([2H])C([2H])([2H])C([2H])([2H])c1cc(Br)cc(C(F)(F)F)n1. The van der Waals surface area contributed by atoms with Crippen molar-refractivity contribution in [2.45, 2.75) is 25.8 Å². The molecular formula is C9H9BrF3N. The first-order valence-electron chi connectivity index (χ1n) is 6.86. The first kappa shape index (κ1) is 4.96. The third-order valence-electron chi connectivity index (χ3n) is 1.27. The summed E-state index contributed by atoms with van der Waals surface area (Å²) in [6.45, 7) is -3.38. The van der Waals surface area contributed by atoms with E-state index in [9.17, 15) is 13.2 Å². The molecule has 1 aromatic heterocycles. The Morgan fingerprint density at radius 3 is 2.86 bits per heavy atom. The van der Waals surface area contributed by atoms with Crippen molar-refractivity contribution < 1.29 is 22.8 Å². The van der Waals surface area contributed by atoms with E-state index in [0.29, 0.717) is 6.07 Å². The first-order valence-corrected chi connectivity index (χ1v) is 4.15. The zero-order valence-electron chi connectivity index (χ0n) is 13.6. The van der Waals surface area contributed by atoms with Crippen LogP contribution in [0, 0.1) is 0 Å². The van der Waals surface area contributed by atoms with Gasteiger partial charge in [-0.25, -0.2) is 4.98 Å². The lowest BCUT2D eigenvalue weighted by atomic mass is 10.2. The van der Waals surface area contributed by atoms with Crippen LogP contribution in [0.15, 0.2) is 16.6 Å². The summed E-state index contributed by atoms with van der Waals surface area (Å²) in [7, 11) is 0. The van der Waals surface area contributed by atoms with Crippen LogP contribution in [0.2, 0.25) is 0 Å². The molecule has 0 atom stereocenters. The molecule has 1 nitrogen and oxygen atoms in total. The second-order valence-electron chi connectivity index (χ2n) is 2.30. The van der Waals surface area contributed by atoms with E-state index in [1.54, 1.807) is 0 Å². The summed E-state index contributed by atoms with van der Waals surface area (Å²) in [4.78, 5) is 3.04. The molecule has 0 spiro atoms. The standard InChI is InChI=1S/C9H9BrF3N/c1-2-3-7-4-6(10)5-8(14-7)9(11,12)13/h4-5H,2-3H2,1H3/i1D3,2D2,3D2. The molecule has 0 bridgehead atoms. The molecule has 78 valence electrons. The molecule has 5 heteroatoms. The Bertz CT molecular complexity index is 541. The Hall–Kier alpha value is -0.580. The van der Waals surface area contributed by atoms with E-state index >= 15 is 0 Å².